The summed E-state index contributed by atoms with van der Waals surface area (Å²) in [5, 5.41) is 2.73. The lowest BCUT2D eigenvalue weighted by molar-refractivity contribution is -0.123. The lowest BCUT2D eigenvalue weighted by atomic mass is 10.2. The fourth-order valence-corrected chi connectivity index (χ4v) is 4.17. The summed E-state index contributed by atoms with van der Waals surface area (Å²) in [6, 6.07) is 6.31. The molecule has 0 bridgehead atoms. The van der Waals surface area contributed by atoms with Crippen LogP contribution >= 0.6 is 0 Å². The Bertz CT molecular complexity index is 633. The van der Waals surface area contributed by atoms with Crippen molar-refractivity contribution in [3.63, 3.8) is 0 Å². The summed E-state index contributed by atoms with van der Waals surface area (Å²) in [4.78, 5) is 11.8. The monoisotopic (exact) mass is 354 g/mol. The number of hydrogen-bond acceptors (Lipinski definition) is 4. The van der Waals surface area contributed by atoms with Crippen LogP contribution in [0.2, 0.25) is 0 Å². The van der Waals surface area contributed by atoms with E-state index in [1.54, 1.807) is 16.4 Å². The van der Waals surface area contributed by atoms with Crippen molar-refractivity contribution < 1.29 is 17.9 Å². The molecule has 1 heterocycles. The van der Waals surface area contributed by atoms with E-state index in [1.165, 1.54) is 12.1 Å². The fourth-order valence-electron chi connectivity index (χ4n) is 2.65. The van der Waals surface area contributed by atoms with Crippen molar-refractivity contribution in [3.8, 4) is 5.75 Å². The van der Waals surface area contributed by atoms with E-state index >= 15 is 0 Å². The molecule has 1 aliphatic rings. The molecule has 7 heteroatoms. The molecule has 1 aromatic rings. The quantitative estimate of drug-likeness (QED) is 0.849. The van der Waals surface area contributed by atoms with Crippen LogP contribution in [-0.4, -0.2) is 44.4 Å². The van der Waals surface area contributed by atoms with Gasteiger partial charge in [-0.1, -0.05) is 12.8 Å². The predicted molar refractivity (Wildman–Crippen MR) is 92.4 cm³/mol. The third kappa shape index (κ3) is 5.21. The van der Waals surface area contributed by atoms with Crippen LogP contribution < -0.4 is 10.1 Å². The maximum atomic E-state index is 12.7. The largest absolute Gasteiger partial charge is 0.484 e. The van der Waals surface area contributed by atoms with Crippen molar-refractivity contribution >= 4 is 15.9 Å². The third-order valence-electron chi connectivity index (χ3n) is 3.85. The molecule has 24 heavy (non-hydrogen) atoms. The first-order valence-corrected chi connectivity index (χ1v) is 9.86. The number of sulfonamides is 1. The number of ether oxygens (including phenoxy) is 1. The van der Waals surface area contributed by atoms with Gasteiger partial charge in [-0.15, -0.1) is 0 Å². The normalized spacial score (nSPS) is 16.6. The van der Waals surface area contributed by atoms with E-state index in [9.17, 15) is 13.2 Å². The van der Waals surface area contributed by atoms with Crippen molar-refractivity contribution in [1.29, 1.82) is 0 Å². The SMILES string of the molecule is CC(C)NC(=O)COc1ccc(S(=O)(=O)N2CCCCCC2)cc1. The summed E-state index contributed by atoms with van der Waals surface area (Å²) in [7, 11) is -3.45. The minimum atomic E-state index is -3.45. The molecule has 1 amide bonds. The van der Waals surface area contributed by atoms with Crippen LogP contribution in [0.3, 0.4) is 0 Å². The molecule has 134 valence electrons. The van der Waals surface area contributed by atoms with Gasteiger partial charge in [0.2, 0.25) is 10.0 Å². The summed E-state index contributed by atoms with van der Waals surface area (Å²) < 4.78 is 32.3. The molecule has 2 rings (SSSR count). The number of carbonyl (C=O) groups is 1. The molecular weight excluding hydrogens is 328 g/mol. The van der Waals surface area contributed by atoms with Gasteiger partial charge < -0.3 is 10.1 Å². The second-order valence-corrected chi connectivity index (χ2v) is 8.24. The Labute approximate surface area is 144 Å². The lowest BCUT2D eigenvalue weighted by Crippen LogP contribution is -2.34. The molecule has 6 nitrogen and oxygen atoms in total. The molecule has 1 fully saturated rings. The lowest BCUT2D eigenvalue weighted by Gasteiger charge is -2.20. The molecule has 1 aliphatic heterocycles. The number of carbonyl (C=O) groups excluding carboxylic acids is 1. The Morgan fingerprint density at radius 3 is 2.25 bits per heavy atom. The highest BCUT2D eigenvalue weighted by Gasteiger charge is 2.24. The number of benzene rings is 1. The number of nitrogens with one attached hydrogen (secondary N) is 1. The van der Waals surface area contributed by atoms with Crippen molar-refractivity contribution in [3.05, 3.63) is 24.3 Å². The van der Waals surface area contributed by atoms with Gasteiger partial charge in [-0.3, -0.25) is 4.79 Å². The molecule has 1 aromatic carbocycles. The summed E-state index contributed by atoms with van der Waals surface area (Å²) in [5.74, 6) is 0.273. The van der Waals surface area contributed by atoms with Crippen LogP contribution in [0, 0.1) is 0 Å². The zero-order valence-electron chi connectivity index (χ0n) is 14.3. The number of rotatable bonds is 6. The highest BCUT2D eigenvalue weighted by molar-refractivity contribution is 7.89. The standard InChI is InChI=1S/C17H26N2O4S/c1-14(2)18-17(20)13-23-15-7-9-16(10-8-15)24(21,22)19-11-5-3-4-6-12-19/h7-10,14H,3-6,11-13H2,1-2H3,(H,18,20). The highest BCUT2D eigenvalue weighted by Crippen LogP contribution is 2.22. The number of nitrogens with zero attached hydrogens (tertiary/aromatic N) is 1. The number of hydrogen-bond donors (Lipinski definition) is 1. The summed E-state index contributed by atoms with van der Waals surface area (Å²) in [6.07, 6.45) is 3.98. The van der Waals surface area contributed by atoms with E-state index in [-0.39, 0.29) is 23.5 Å². The van der Waals surface area contributed by atoms with E-state index in [4.69, 9.17) is 4.74 Å². The summed E-state index contributed by atoms with van der Waals surface area (Å²) >= 11 is 0. The van der Waals surface area contributed by atoms with E-state index < -0.39 is 10.0 Å². The molecule has 0 aliphatic carbocycles. The molecule has 0 atom stereocenters. The van der Waals surface area contributed by atoms with E-state index in [0.29, 0.717) is 18.8 Å². The van der Waals surface area contributed by atoms with Crippen LogP contribution in [0.4, 0.5) is 0 Å². The smallest absolute Gasteiger partial charge is 0.258 e. The van der Waals surface area contributed by atoms with E-state index in [1.807, 2.05) is 13.8 Å². The Hall–Kier alpha value is -1.60. The topological polar surface area (TPSA) is 75.7 Å². The van der Waals surface area contributed by atoms with Gasteiger partial charge in [0.1, 0.15) is 5.75 Å². The van der Waals surface area contributed by atoms with Crippen LogP contribution in [-0.2, 0) is 14.8 Å². The second-order valence-electron chi connectivity index (χ2n) is 6.30. The Morgan fingerprint density at radius 2 is 1.71 bits per heavy atom. The maximum absolute atomic E-state index is 12.7. The zero-order valence-corrected chi connectivity index (χ0v) is 15.1. The van der Waals surface area contributed by atoms with Crippen molar-refractivity contribution in [2.24, 2.45) is 0 Å². The van der Waals surface area contributed by atoms with Crippen molar-refractivity contribution in [1.82, 2.24) is 9.62 Å². The molecule has 0 aromatic heterocycles. The average molecular weight is 354 g/mol. The van der Waals surface area contributed by atoms with Gasteiger partial charge in [0.15, 0.2) is 6.61 Å². The predicted octanol–water partition coefficient (Wildman–Crippen LogP) is 2.15. The van der Waals surface area contributed by atoms with Crippen molar-refractivity contribution in [2.75, 3.05) is 19.7 Å². The molecular formula is C17H26N2O4S. The molecule has 0 radical (unpaired) electrons. The molecule has 1 N–H and O–H groups in total. The van der Waals surface area contributed by atoms with Gasteiger partial charge in [-0.2, -0.15) is 4.31 Å². The minimum Gasteiger partial charge on any atom is -0.484 e. The van der Waals surface area contributed by atoms with Gasteiger partial charge in [0.25, 0.3) is 5.91 Å². The first-order valence-electron chi connectivity index (χ1n) is 8.42. The van der Waals surface area contributed by atoms with E-state index in [0.717, 1.165) is 25.7 Å². The second kappa shape index (κ2) is 8.48. The first-order chi connectivity index (χ1) is 11.4. The average Bonchev–Trinajstić information content (AvgIpc) is 2.82. The number of amides is 1. The van der Waals surface area contributed by atoms with Crippen LogP contribution in [0.1, 0.15) is 39.5 Å². The zero-order chi connectivity index (χ0) is 17.6. The van der Waals surface area contributed by atoms with Gasteiger partial charge >= 0.3 is 0 Å². The molecule has 0 saturated carbocycles. The van der Waals surface area contributed by atoms with Crippen LogP contribution in [0.25, 0.3) is 0 Å². The third-order valence-corrected chi connectivity index (χ3v) is 5.76. The van der Waals surface area contributed by atoms with Crippen molar-refractivity contribution in [2.45, 2.75) is 50.5 Å². The van der Waals surface area contributed by atoms with Crippen LogP contribution in [0.5, 0.6) is 5.75 Å². The molecule has 1 saturated heterocycles. The molecule has 0 spiro atoms. The summed E-state index contributed by atoms with van der Waals surface area (Å²) in [6.45, 7) is 4.82. The van der Waals surface area contributed by atoms with Gasteiger partial charge in [0.05, 0.1) is 4.90 Å². The molecule has 0 unspecified atom stereocenters. The Balaban J connectivity index is 1.99. The summed E-state index contributed by atoms with van der Waals surface area (Å²) in [5.41, 5.74) is 0. The highest BCUT2D eigenvalue weighted by atomic mass is 32.2. The van der Waals surface area contributed by atoms with Gasteiger partial charge in [-0.05, 0) is 51.0 Å². The maximum Gasteiger partial charge on any atom is 0.258 e. The van der Waals surface area contributed by atoms with Gasteiger partial charge in [0, 0.05) is 19.1 Å². The fraction of sp³-hybridized carbons (Fsp3) is 0.588. The first kappa shape index (κ1) is 18.7. The van der Waals surface area contributed by atoms with E-state index in [2.05, 4.69) is 5.32 Å². The minimum absolute atomic E-state index is 0.0576. The Kier molecular flexibility index (Phi) is 6.62. The van der Waals surface area contributed by atoms with Gasteiger partial charge in [-0.25, -0.2) is 8.42 Å². The van der Waals surface area contributed by atoms with Crippen LogP contribution in [0.15, 0.2) is 29.2 Å². The Morgan fingerprint density at radius 1 is 1.12 bits per heavy atom.